The highest BCUT2D eigenvalue weighted by Crippen LogP contribution is 2.37. The molecule has 0 N–H and O–H groups in total. The maximum atomic E-state index is 2.61. The second-order valence-electron chi connectivity index (χ2n) is 6.67. The van der Waals surface area contributed by atoms with Crippen LogP contribution >= 0.6 is 11.3 Å². The van der Waals surface area contributed by atoms with E-state index in [4.69, 9.17) is 0 Å². The molecule has 1 aliphatic carbocycles. The molecule has 1 saturated heterocycles. The Morgan fingerprint density at radius 2 is 1.87 bits per heavy atom. The van der Waals surface area contributed by atoms with E-state index in [1.54, 1.807) is 16.9 Å². The molecular formula is C20H24N2S. The van der Waals surface area contributed by atoms with Crippen LogP contribution in [-0.4, -0.2) is 49.6 Å². The van der Waals surface area contributed by atoms with Crippen LogP contribution in [0.3, 0.4) is 0 Å². The molecule has 0 spiro atoms. The van der Waals surface area contributed by atoms with E-state index in [1.165, 1.54) is 61.4 Å². The van der Waals surface area contributed by atoms with Crippen molar-refractivity contribution in [2.24, 2.45) is 0 Å². The first kappa shape index (κ1) is 15.1. The maximum absolute atomic E-state index is 2.61. The largest absolute Gasteiger partial charge is 0.304 e. The first-order valence-electron chi connectivity index (χ1n) is 8.56. The van der Waals surface area contributed by atoms with Crippen LogP contribution in [0.2, 0.25) is 0 Å². The Morgan fingerprint density at radius 3 is 2.65 bits per heavy atom. The molecule has 0 atom stereocenters. The fourth-order valence-corrected chi connectivity index (χ4v) is 4.37. The number of fused-ring (bicyclic) bond motifs is 1. The van der Waals surface area contributed by atoms with Crippen LogP contribution in [0.1, 0.15) is 17.5 Å². The van der Waals surface area contributed by atoms with Crippen molar-refractivity contribution in [1.82, 2.24) is 9.80 Å². The van der Waals surface area contributed by atoms with E-state index in [0.29, 0.717) is 0 Å². The van der Waals surface area contributed by atoms with Crippen molar-refractivity contribution in [1.29, 1.82) is 0 Å². The summed E-state index contributed by atoms with van der Waals surface area (Å²) >= 11 is 1.78. The third-order valence-corrected chi connectivity index (χ3v) is 5.88. The van der Waals surface area contributed by atoms with E-state index in [2.05, 4.69) is 57.9 Å². The fourth-order valence-electron chi connectivity index (χ4n) is 3.72. The molecule has 0 unspecified atom stereocenters. The van der Waals surface area contributed by atoms with Gasteiger partial charge in [-0.15, -0.1) is 0 Å². The summed E-state index contributed by atoms with van der Waals surface area (Å²) in [5.41, 5.74) is 7.37. The summed E-state index contributed by atoms with van der Waals surface area (Å²) in [7, 11) is 2.22. The predicted octanol–water partition coefficient (Wildman–Crippen LogP) is 3.99. The van der Waals surface area contributed by atoms with Crippen molar-refractivity contribution in [2.45, 2.75) is 12.8 Å². The van der Waals surface area contributed by atoms with Gasteiger partial charge < -0.3 is 9.80 Å². The van der Waals surface area contributed by atoms with Crippen LogP contribution in [0.15, 0.2) is 41.1 Å². The molecule has 0 amide bonds. The van der Waals surface area contributed by atoms with Crippen LogP contribution in [0, 0.1) is 0 Å². The second kappa shape index (κ2) is 6.60. The van der Waals surface area contributed by atoms with Gasteiger partial charge in [0, 0.05) is 32.7 Å². The number of rotatable bonds is 4. The van der Waals surface area contributed by atoms with E-state index >= 15 is 0 Å². The van der Waals surface area contributed by atoms with Gasteiger partial charge >= 0.3 is 0 Å². The van der Waals surface area contributed by atoms with E-state index in [9.17, 15) is 0 Å². The number of piperazine rings is 1. The third-order valence-electron chi connectivity index (χ3n) is 5.20. The van der Waals surface area contributed by atoms with Crippen molar-refractivity contribution in [3.8, 4) is 11.1 Å². The molecule has 0 saturated carbocycles. The van der Waals surface area contributed by atoms with Gasteiger partial charge in [0.15, 0.2) is 0 Å². The molecule has 120 valence electrons. The van der Waals surface area contributed by atoms with Gasteiger partial charge in [-0.25, -0.2) is 0 Å². The number of thiophene rings is 1. The first-order chi connectivity index (χ1) is 11.3. The smallest absolute Gasteiger partial charge is 0.0110 e. The lowest BCUT2D eigenvalue weighted by Gasteiger charge is -2.32. The Bertz CT molecular complexity index is 694. The summed E-state index contributed by atoms with van der Waals surface area (Å²) in [4.78, 5) is 5.04. The molecule has 1 aromatic carbocycles. The Kier molecular flexibility index (Phi) is 4.34. The lowest BCUT2D eigenvalue weighted by Crippen LogP contribution is -2.44. The van der Waals surface area contributed by atoms with Gasteiger partial charge in [0.25, 0.3) is 0 Å². The van der Waals surface area contributed by atoms with E-state index < -0.39 is 0 Å². The summed E-state index contributed by atoms with van der Waals surface area (Å²) in [6.07, 6.45) is 4.74. The van der Waals surface area contributed by atoms with Crippen LogP contribution in [0.5, 0.6) is 0 Å². The number of hydrogen-bond acceptors (Lipinski definition) is 3. The molecule has 2 aromatic rings. The second-order valence-corrected chi connectivity index (χ2v) is 7.45. The summed E-state index contributed by atoms with van der Waals surface area (Å²) in [6, 6.07) is 9.05. The highest BCUT2D eigenvalue weighted by Gasteiger charge is 2.19. The topological polar surface area (TPSA) is 6.48 Å². The molecule has 1 aliphatic heterocycles. The van der Waals surface area contributed by atoms with Gasteiger partial charge in [0.2, 0.25) is 0 Å². The van der Waals surface area contributed by atoms with Crippen LogP contribution < -0.4 is 0 Å². The van der Waals surface area contributed by atoms with Gasteiger partial charge in [0.1, 0.15) is 0 Å². The average Bonchev–Trinajstić information content (AvgIpc) is 3.24. The number of likely N-dealkylation sites (N-methyl/N-ethyl adjacent to an activating group) is 1. The van der Waals surface area contributed by atoms with Crippen molar-refractivity contribution in [3.05, 3.63) is 52.2 Å². The lowest BCUT2D eigenvalue weighted by molar-refractivity contribution is 0.157. The van der Waals surface area contributed by atoms with Crippen molar-refractivity contribution in [3.63, 3.8) is 0 Å². The Hall–Kier alpha value is -1.42. The number of allylic oxidation sites excluding steroid dienone is 1. The minimum absolute atomic E-state index is 1.10. The van der Waals surface area contributed by atoms with E-state index in [0.717, 1.165) is 6.42 Å². The van der Waals surface area contributed by atoms with Crippen molar-refractivity contribution >= 4 is 16.9 Å². The summed E-state index contributed by atoms with van der Waals surface area (Å²) < 4.78 is 0. The SMILES string of the molecule is CN1CCN(CCC2=CCc3c2cccc3-c2ccsc2)CC1. The van der Waals surface area contributed by atoms with Crippen LogP contribution in [-0.2, 0) is 6.42 Å². The summed E-state index contributed by atoms with van der Waals surface area (Å²) in [6.45, 7) is 6.04. The minimum Gasteiger partial charge on any atom is -0.304 e. The number of hydrogen-bond donors (Lipinski definition) is 0. The quantitative estimate of drug-likeness (QED) is 0.839. The van der Waals surface area contributed by atoms with Crippen molar-refractivity contribution in [2.75, 3.05) is 39.8 Å². The highest BCUT2D eigenvalue weighted by atomic mass is 32.1. The van der Waals surface area contributed by atoms with Gasteiger partial charge in [-0.1, -0.05) is 24.3 Å². The molecule has 2 nitrogen and oxygen atoms in total. The molecule has 1 fully saturated rings. The summed E-state index contributed by atoms with van der Waals surface area (Å²) in [5.74, 6) is 0. The Labute approximate surface area is 143 Å². The van der Waals surface area contributed by atoms with Gasteiger partial charge in [0.05, 0.1) is 0 Å². The highest BCUT2D eigenvalue weighted by molar-refractivity contribution is 7.08. The normalized spacial score (nSPS) is 18.9. The Morgan fingerprint density at radius 1 is 1.04 bits per heavy atom. The molecule has 3 heteroatoms. The average molecular weight is 324 g/mol. The molecule has 0 bridgehead atoms. The van der Waals surface area contributed by atoms with Gasteiger partial charge in [-0.2, -0.15) is 11.3 Å². The van der Waals surface area contributed by atoms with Crippen LogP contribution in [0.4, 0.5) is 0 Å². The fraction of sp³-hybridized carbons (Fsp3) is 0.400. The molecule has 4 rings (SSSR count). The maximum Gasteiger partial charge on any atom is 0.0110 e. The van der Waals surface area contributed by atoms with E-state index in [-0.39, 0.29) is 0 Å². The minimum atomic E-state index is 1.10. The monoisotopic (exact) mass is 324 g/mol. The zero-order valence-corrected chi connectivity index (χ0v) is 14.6. The van der Waals surface area contributed by atoms with Crippen LogP contribution in [0.25, 0.3) is 16.7 Å². The van der Waals surface area contributed by atoms with Crippen molar-refractivity contribution < 1.29 is 0 Å². The first-order valence-corrected chi connectivity index (χ1v) is 9.50. The van der Waals surface area contributed by atoms with E-state index in [1.807, 2.05) is 0 Å². The molecule has 2 aliphatic rings. The zero-order chi connectivity index (χ0) is 15.6. The molecule has 2 heterocycles. The van der Waals surface area contributed by atoms with Gasteiger partial charge in [-0.3, -0.25) is 0 Å². The number of benzene rings is 1. The zero-order valence-electron chi connectivity index (χ0n) is 13.8. The molecule has 0 radical (unpaired) electrons. The lowest BCUT2D eigenvalue weighted by atomic mass is 9.96. The van der Waals surface area contributed by atoms with Gasteiger partial charge in [-0.05, 0) is 64.5 Å². The molecule has 23 heavy (non-hydrogen) atoms. The summed E-state index contributed by atoms with van der Waals surface area (Å²) in [5, 5.41) is 4.43. The predicted molar refractivity (Wildman–Crippen MR) is 100.0 cm³/mol. The number of nitrogens with zero attached hydrogens (tertiary/aromatic N) is 2. The standard InChI is InChI=1S/C20H24N2S/c1-21-10-12-22(13-11-21)9-7-16-5-6-20-18(16)3-2-4-19(20)17-8-14-23-15-17/h2-5,8,14-15H,6-7,9-13H2,1H3. The molecule has 1 aromatic heterocycles. The molecular weight excluding hydrogens is 300 g/mol. The third kappa shape index (κ3) is 3.14. The Balaban J connectivity index is 1.47.